The van der Waals surface area contributed by atoms with Gasteiger partial charge in [-0.05, 0) is 19.4 Å². The number of hydrogen-bond donors (Lipinski definition) is 1. The first kappa shape index (κ1) is 15.0. The van der Waals surface area contributed by atoms with Crippen LogP contribution in [0.4, 0.5) is 0 Å². The standard InChI is InChI=1S/C11H14Cl2N2O3S/c1-7(8-2-3-18-6-8)15-19(16,17)9-4-10(12)11(13)14-5-9/h4-5,7-8,15H,2-3,6H2,1H3. The van der Waals surface area contributed by atoms with E-state index in [2.05, 4.69) is 9.71 Å². The molecule has 1 fully saturated rings. The summed E-state index contributed by atoms with van der Waals surface area (Å²) in [5.41, 5.74) is 0. The van der Waals surface area contributed by atoms with Gasteiger partial charge in [-0.2, -0.15) is 0 Å². The van der Waals surface area contributed by atoms with E-state index in [1.54, 1.807) is 0 Å². The molecule has 8 heteroatoms. The number of nitrogens with zero attached hydrogens (tertiary/aromatic N) is 1. The summed E-state index contributed by atoms with van der Waals surface area (Å²) in [6, 6.07) is 1.08. The third kappa shape index (κ3) is 3.58. The first-order valence-electron chi connectivity index (χ1n) is 5.81. The molecule has 1 aromatic heterocycles. The molecule has 106 valence electrons. The molecular formula is C11H14Cl2N2O3S. The molecule has 2 heterocycles. The van der Waals surface area contributed by atoms with E-state index in [0.717, 1.165) is 6.42 Å². The van der Waals surface area contributed by atoms with E-state index in [0.29, 0.717) is 13.2 Å². The fraction of sp³-hybridized carbons (Fsp3) is 0.545. The first-order valence-corrected chi connectivity index (χ1v) is 8.05. The normalized spacial score (nSPS) is 21.5. The van der Waals surface area contributed by atoms with Crippen molar-refractivity contribution in [3.05, 3.63) is 22.4 Å². The quantitative estimate of drug-likeness (QED) is 0.861. The van der Waals surface area contributed by atoms with Crippen molar-refractivity contribution in [3.63, 3.8) is 0 Å². The molecule has 2 unspecified atom stereocenters. The van der Waals surface area contributed by atoms with Crippen LogP contribution in [-0.2, 0) is 14.8 Å². The smallest absolute Gasteiger partial charge is 0.242 e. The SMILES string of the molecule is CC(NS(=O)(=O)c1cnc(Cl)c(Cl)c1)C1CCOC1. The van der Waals surface area contributed by atoms with E-state index in [9.17, 15) is 8.42 Å². The zero-order chi connectivity index (χ0) is 14.0. The molecule has 0 aliphatic carbocycles. The van der Waals surface area contributed by atoms with Crippen molar-refractivity contribution in [2.45, 2.75) is 24.3 Å². The molecule has 0 spiro atoms. The minimum Gasteiger partial charge on any atom is -0.381 e. The summed E-state index contributed by atoms with van der Waals surface area (Å²) < 4.78 is 32.2. The van der Waals surface area contributed by atoms with Crippen molar-refractivity contribution in [1.29, 1.82) is 0 Å². The van der Waals surface area contributed by atoms with Crippen LogP contribution in [0.5, 0.6) is 0 Å². The summed E-state index contributed by atoms with van der Waals surface area (Å²) in [4.78, 5) is 3.75. The van der Waals surface area contributed by atoms with Gasteiger partial charge in [0.1, 0.15) is 10.0 Å². The second-order valence-corrected chi connectivity index (χ2v) is 6.96. The zero-order valence-electron chi connectivity index (χ0n) is 10.3. The number of pyridine rings is 1. The van der Waals surface area contributed by atoms with Gasteiger partial charge in [-0.3, -0.25) is 0 Å². The highest BCUT2D eigenvalue weighted by Crippen LogP contribution is 2.23. The van der Waals surface area contributed by atoms with E-state index in [1.807, 2.05) is 6.92 Å². The Bertz CT molecular complexity index is 559. The fourth-order valence-corrected chi connectivity index (χ4v) is 3.52. The van der Waals surface area contributed by atoms with Crippen LogP contribution in [0.15, 0.2) is 17.2 Å². The van der Waals surface area contributed by atoms with Crippen LogP contribution in [0, 0.1) is 5.92 Å². The Morgan fingerprint density at radius 3 is 2.84 bits per heavy atom. The van der Waals surface area contributed by atoms with Crippen molar-refractivity contribution in [3.8, 4) is 0 Å². The van der Waals surface area contributed by atoms with Crippen molar-refractivity contribution in [1.82, 2.24) is 9.71 Å². The predicted octanol–water partition coefficient (Wildman–Crippen LogP) is 2.09. The Balaban J connectivity index is 2.15. The van der Waals surface area contributed by atoms with Crippen LogP contribution in [0.2, 0.25) is 10.2 Å². The number of halogens is 2. The molecule has 2 rings (SSSR count). The maximum atomic E-state index is 12.2. The minimum atomic E-state index is -3.65. The molecule has 1 aliphatic heterocycles. The summed E-state index contributed by atoms with van der Waals surface area (Å²) in [7, 11) is -3.65. The van der Waals surface area contributed by atoms with Crippen LogP contribution >= 0.6 is 23.2 Å². The van der Waals surface area contributed by atoms with E-state index in [1.165, 1.54) is 12.3 Å². The second kappa shape index (κ2) is 5.93. The highest BCUT2D eigenvalue weighted by Gasteiger charge is 2.27. The number of ether oxygens (including phenoxy) is 1. The lowest BCUT2D eigenvalue weighted by Gasteiger charge is -2.19. The summed E-state index contributed by atoms with van der Waals surface area (Å²) in [6.07, 6.45) is 2.04. The van der Waals surface area contributed by atoms with E-state index >= 15 is 0 Å². The Labute approximate surface area is 122 Å². The van der Waals surface area contributed by atoms with E-state index in [-0.39, 0.29) is 27.0 Å². The number of aromatic nitrogens is 1. The lowest BCUT2D eigenvalue weighted by Crippen LogP contribution is -2.38. The Hall–Kier alpha value is -0.400. The van der Waals surface area contributed by atoms with Crippen molar-refractivity contribution in [2.75, 3.05) is 13.2 Å². The molecule has 0 saturated carbocycles. The third-order valence-corrected chi connectivity index (χ3v) is 5.31. The molecule has 0 bridgehead atoms. The van der Waals surface area contributed by atoms with Crippen molar-refractivity contribution < 1.29 is 13.2 Å². The van der Waals surface area contributed by atoms with Gasteiger partial charge in [-0.25, -0.2) is 18.1 Å². The van der Waals surface area contributed by atoms with Gasteiger partial charge >= 0.3 is 0 Å². The van der Waals surface area contributed by atoms with Crippen molar-refractivity contribution >= 4 is 33.2 Å². The Morgan fingerprint density at radius 2 is 2.26 bits per heavy atom. The topological polar surface area (TPSA) is 68.3 Å². The molecule has 0 aromatic carbocycles. The third-order valence-electron chi connectivity index (χ3n) is 3.09. The average Bonchev–Trinajstić information content (AvgIpc) is 2.85. The molecule has 5 nitrogen and oxygen atoms in total. The molecule has 1 saturated heterocycles. The summed E-state index contributed by atoms with van der Waals surface area (Å²) >= 11 is 11.4. The monoisotopic (exact) mass is 324 g/mol. The van der Waals surface area contributed by atoms with Gasteiger partial charge in [0.25, 0.3) is 0 Å². The van der Waals surface area contributed by atoms with Gasteiger partial charge in [-0.15, -0.1) is 0 Å². The fourth-order valence-electron chi connectivity index (χ4n) is 1.91. The van der Waals surface area contributed by atoms with Crippen LogP contribution in [-0.4, -0.2) is 32.7 Å². The molecule has 1 N–H and O–H groups in total. The highest BCUT2D eigenvalue weighted by molar-refractivity contribution is 7.89. The summed E-state index contributed by atoms with van der Waals surface area (Å²) in [5, 5.41) is 0.194. The molecule has 1 aliphatic rings. The first-order chi connectivity index (χ1) is 8.90. The Kier molecular flexibility index (Phi) is 4.68. The summed E-state index contributed by atoms with van der Waals surface area (Å²) in [6.45, 7) is 3.07. The zero-order valence-corrected chi connectivity index (χ0v) is 12.6. The van der Waals surface area contributed by atoms with Crippen LogP contribution in [0.25, 0.3) is 0 Å². The van der Waals surface area contributed by atoms with Crippen molar-refractivity contribution in [2.24, 2.45) is 5.92 Å². The Morgan fingerprint density at radius 1 is 1.53 bits per heavy atom. The maximum Gasteiger partial charge on any atom is 0.242 e. The molecule has 1 aromatic rings. The van der Waals surface area contributed by atoms with Gasteiger partial charge in [-0.1, -0.05) is 23.2 Å². The number of nitrogens with one attached hydrogen (secondary N) is 1. The molecule has 2 atom stereocenters. The van der Waals surface area contributed by atoms with Crippen LogP contribution in [0.3, 0.4) is 0 Å². The number of sulfonamides is 1. The van der Waals surface area contributed by atoms with Crippen LogP contribution < -0.4 is 4.72 Å². The molecule has 0 radical (unpaired) electrons. The van der Waals surface area contributed by atoms with Gasteiger partial charge in [0.05, 0.1) is 11.6 Å². The molecule has 19 heavy (non-hydrogen) atoms. The van der Waals surface area contributed by atoms with E-state index < -0.39 is 10.0 Å². The lowest BCUT2D eigenvalue weighted by molar-refractivity contribution is 0.180. The molecule has 0 amide bonds. The highest BCUT2D eigenvalue weighted by atomic mass is 35.5. The number of hydrogen-bond acceptors (Lipinski definition) is 4. The lowest BCUT2D eigenvalue weighted by atomic mass is 10.0. The van der Waals surface area contributed by atoms with Gasteiger partial charge < -0.3 is 4.74 Å². The molecular weight excluding hydrogens is 311 g/mol. The van der Waals surface area contributed by atoms with Gasteiger partial charge in [0, 0.05) is 24.8 Å². The maximum absolute atomic E-state index is 12.2. The number of rotatable bonds is 4. The average molecular weight is 325 g/mol. The predicted molar refractivity (Wildman–Crippen MR) is 73.0 cm³/mol. The second-order valence-electron chi connectivity index (χ2n) is 4.48. The largest absolute Gasteiger partial charge is 0.381 e. The van der Waals surface area contributed by atoms with Crippen LogP contribution in [0.1, 0.15) is 13.3 Å². The minimum absolute atomic E-state index is 0.00710. The van der Waals surface area contributed by atoms with E-state index in [4.69, 9.17) is 27.9 Å². The van der Waals surface area contributed by atoms with Gasteiger partial charge in [0.2, 0.25) is 10.0 Å². The van der Waals surface area contributed by atoms with Gasteiger partial charge in [0.15, 0.2) is 0 Å². The summed E-state index contributed by atoms with van der Waals surface area (Å²) in [5.74, 6) is 0.186.